The van der Waals surface area contributed by atoms with Gasteiger partial charge in [0, 0.05) is 6.04 Å². The molecule has 1 unspecified atom stereocenters. The van der Waals surface area contributed by atoms with Crippen molar-refractivity contribution in [1.29, 1.82) is 0 Å². The van der Waals surface area contributed by atoms with Crippen LogP contribution < -0.4 is 10.4 Å². The molecule has 0 amide bonds. The van der Waals surface area contributed by atoms with Crippen LogP contribution in [0.2, 0.25) is 5.15 Å². The van der Waals surface area contributed by atoms with Crippen molar-refractivity contribution in [2.24, 2.45) is 0 Å². The van der Waals surface area contributed by atoms with Crippen molar-refractivity contribution in [3.8, 4) is 17.2 Å². The minimum Gasteiger partial charge on any atom is -0.457 e. The van der Waals surface area contributed by atoms with Gasteiger partial charge in [0.2, 0.25) is 0 Å². The van der Waals surface area contributed by atoms with Gasteiger partial charge in [0.05, 0.1) is 5.69 Å². The predicted octanol–water partition coefficient (Wildman–Crippen LogP) is 7.34. The first-order chi connectivity index (χ1) is 16.6. The summed E-state index contributed by atoms with van der Waals surface area (Å²) in [6.07, 6.45) is 9.17. The summed E-state index contributed by atoms with van der Waals surface area (Å²) in [6.45, 7) is 4.33. The normalized spacial score (nSPS) is 12.2. The summed E-state index contributed by atoms with van der Waals surface area (Å²) in [7, 11) is 0. The van der Waals surface area contributed by atoms with Crippen LogP contribution in [0.25, 0.3) is 16.9 Å². The summed E-state index contributed by atoms with van der Waals surface area (Å²) in [5.74, 6) is 1.44. The molecule has 1 atom stereocenters. The van der Waals surface area contributed by atoms with Crippen LogP contribution in [0.15, 0.2) is 65.7 Å². The van der Waals surface area contributed by atoms with Crippen molar-refractivity contribution in [2.75, 3.05) is 0 Å². The maximum Gasteiger partial charge on any atom is 0.335 e. The smallest absolute Gasteiger partial charge is 0.335 e. The van der Waals surface area contributed by atoms with Gasteiger partial charge in [-0.3, -0.25) is 9.13 Å². The third-order valence-electron chi connectivity index (χ3n) is 6.16. The second-order valence-corrected chi connectivity index (χ2v) is 8.86. The molecule has 178 valence electrons. The average molecular weight is 479 g/mol. The van der Waals surface area contributed by atoms with Crippen LogP contribution in [0.1, 0.15) is 64.8 Å². The number of rotatable bonds is 11. The van der Waals surface area contributed by atoms with E-state index in [1.165, 1.54) is 32.0 Å². The first kappa shape index (κ1) is 24.0. The fraction of sp³-hybridized carbons (Fsp3) is 0.370. The van der Waals surface area contributed by atoms with E-state index in [4.69, 9.17) is 16.3 Å². The molecule has 0 aliphatic carbocycles. The molecule has 2 aromatic carbocycles. The minimum absolute atomic E-state index is 0.0598. The van der Waals surface area contributed by atoms with Gasteiger partial charge in [-0.05, 0) is 49.2 Å². The lowest BCUT2D eigenvalue weighted by Gasteiger charge is -2.16. The SMILES string of the molecule is CCCCCCCC(CC)n1c(=O)n(-c2ccc(Oc3ccccc3)cc2)c2c(Cl)ncnc21. The summed E-state index contributed by atoms with van der Waals surface area (Å²) in [5.41, 5.74) is 1.67. The molecule has 0 saturated heterocycles. The highest BCUT2D eigenvalue weighted by Crippen LogP contribution is 2.29. The molecule has 34 heavy (non-hydrogen) atoms. The number of benzene rings is 2. The third-order valence-corrected chi connectivity index (χ3v) is 6.44. The van der Waals surface area contributed by atoms with Gasteiger partial charge >= 0.3 is 5.69 Å². The number of hydrogen-bond acceptors (Lipinski definition) is 4. The maximum absolute atomic E-state index is 13.7. The molecule has 6 nitrogen and oxygen atoms in total. The van der Waals surface area contributed by atoms with Crippen molar-refractivity contribution < 1.29 is 4.74 Å². The summed E-state index contributed by atoms with van der Waals surface area (Å²) in [4.78, 5) is 22.4. The van der Waals surface area contributed by atoms with E-state index in [2.05, 4.69) is 23.8 Å². The van der Waals surface area contributed by atoms with E-state index < -0.39 is 0 Å². The van der Waals surface area contributed by atoms with E-state index >= 15 is 0 Å². The van der Waals surface area contributed by atoms with Gasteiger partial charge in [0.1, 0.15) is 23.3 Å². The molecule has 2 heterocycles. The standard InChI is InChI=1S/C27H31ClN4O2/c1-3-5-6-7-9-12-20(4-2)32-26-24(25(28)29-19-30-26)31(27(32)33)21-15-17-23(18-16-21)34-22-13-10-8-11-14-22/h8,10-11,13-20H,3-7,9,12H2,1-2H3. The number of para-hydroxylation sites is 1. The maximum atomic E-state index is 13.7. The van der Waals surface area contributed by atoms with E-state index in [0.717, 1.165) is 25.0 Å². The first-order valence-electron chi connectivity index (χ1n) is 12.1. The molecular weight excluding hydrogens is 448 g/mol. The molecule has 0 aliphatic heterocycles. The second-order valence-electron chi connectivity index (χ2n) is 8.50. The summed E-state index contributed by atoms with van der Waals surface area (Å²) in [6, 6.07) is 17.1. The van der Waals surface area contributed by atoms with Gasteiger partial charge in [-0.1, -0.05) is 75.8 Å². The molecule has 4 aromatic rings. The van der Waals surface area contributed by atoms with Crippen LogP contribution in [0, 0.1) is 0 Å². The number of nitrogens with zero attached hydrogens (tertiary/aromatic N) is 4. The lowest BCUT2D eigenvalue weighted by molar-refractivity contribution is 0.423. The zero-order valence-corrected chi connectivity index (χ0v) is 20.5. The molecule has 0 saturated carbocycles. The predicted molar refractivity (Wildman–Crippen MR) is 137 cm³/mol. The van der Waals surface area contributed by atoms with E-state index in [1.807, 2.05) is 54.6 Å². The molecule has 2 aromatic heterocycles. The lowest BCUT2D eigenvalue weighted by atomic mass is 10.0. The Balaban J connectivity index is 1.68. The molecule has 0 radical (unpaired) electrons. The average Bonchev–Trinajstić information content (AvgIpc) is 3.16. The Morgan fingerprint density at radius 2 is 1.62 bits per heavy atom. The van der Waals surface area contributed by atoms with Gasteiger partial charge < -0.3 is 4.74 Å². The van der Waals surface area contributed by atoms with Crippen molar-refractivity contribution in [3.63, 3.8) is 0 Å². The van der Waals surface area contributed by atoms with Crippen LogP contribution in [0.3, 0.4) is 0 Å². The van der Waals surface area contributed by atoms with Gasteiger partial charge in [0.15, 0.2) is 10.8 Å². The van der Waals surface area contributed by atoms with E-state index in [1.54, 1.807) is 9.13 Å². The van der Waals surface area contributed by atoms with Crippen LogP contribution in [0.4, 0.5) is 0 Å². The van der Waals surface area contributed by atoms with Crippen molar-refractivity contribution in [1.82, 2.24) is 19.1 Å². The highest BCUT2D eigenvalue weighted by atomic mass is 35.5. The van der Waals surface area contributed by atoms with Crippen molar-refractivity contribution >= 4 is 22.8 Å². The fourth-order valence-corrected chi connectivity index (χ4v) is 4.58. The van der Waals surface area contributed by atoms with Crippen LogP contribution in [0.5, 0.6) is 11.5 Å². The molecule has 0 N–H and O–H groups in total. The van der Waals surface area contributed by atoms with Crippen molar-refractivity contribution in [3.05, 3.63) is 76.6 Å². The topological polar surface area (TPSA) is 61.9 Å². The Morgan fingerprint density at radius 1 is 0.912 bits per heavy atom. The number of hydrogen-bond donors (Lipinski definition) is 0. The Kier molecular flexibility index (Phi) is 8.01. The van der Waals surface area contributed by atoms with E-state index in [9.17, 15) is 4.79 Å². The molecule has 4 rings (SSSR count). The molecular formula is C27H31ClN4O2. The number of ether oxygens (including phenoxy) is 1. The lowest BCUT2D eigenvalue weighted by Crippen LogP contribution is -2.27. The number of fused-ring (bicyclic) bond motifs is 1. The highest BCUT2D eigenvalue weighted by Gasteiger charge is 2.23. The van der Waals surface area contributed by atoms with Crippen LogP contribution in [-0.2, 0) is 0 Å². The summed E-state index contributed by atoms with van der Waals surface area (Å²) >= 11 is 6.50. The summed E-state index contributed by atoms with van der Waals surface area (Å²) in [5, 5.41) is 0.267. The van der Waals surface area contributed by atoms with Gasteiger partial charge in [-0.2, -0.15) is 0 Å². The number of halogens is 1. The third kappa shape index (κ3) is 5.17. The van der Waals surface area contributed by atoms with Crippen LogP contribution in [-0.4, -0.2) is 19.1 Å². The Labute approximate surface area is 205 Å². The zero-order chi connectivity index (χ0) is 23.9. The van der Waals surface area contributed by atoms with Crippen LogP contribution >= 0.6 is 11.6 Å². The molecule has 0 fully saturated rings. The van der Waals surface area contributed by atoms with Gasteiger partial charge in [-0.15, -0.1) is 0 Å². The molecule has 0 spiro atoms. The monoisotopic (exact) mass is 478 g/mol. The number of unbranched alkanes of at least 4 members (excludes halogenated alkanes) is 4. The number of aromatic nitrogens is 4. The van der Waals surface area contributed by atoms with E-state index in [-0.39, 0.29) is 16.9 Å². The molecule has 0 aliphatic rings. The first-order valence-corrected chi connectivity index (χ1v) is 12.5. The zero-order valence-electron chi connectivity index (χ0n) is 19.8. The van der Waals surface area contributed by atoms with Crippen molar-refractivity contribution in [2.45, 2.75) is 64.8 Å². The second kappa shape index (κ2) is 11.3. The van der Waals surface area contributed by atoms with Gasteiger partial charge in [-0.25, -0.2) is 14.8 Å². The largest absolute Gasteiger partial charge is 0.457 e. The quantitative estimate of drug-likeness (QED) is 0.167. The summed E-state index contributed by atoms with van der Waals surface area (Å²) < 4.78 is 9.32. The number of imidazole rings is 1. The highest BCUT2D eigenvalue weighted by molar-refractivity contribution is 6.33. The van der Waals surface area contributed by atoms with Gasteiger partial charge in [0.25, 0.3) is 0 Å². The molecule has 0 bridgehead atoms. The Bertz CT molecular complexity index is 1270. The minimum atomic E-state index is -0.144. The fourth-order valence-electron chi connectivity index (χ4n) is 4.37. The van der Waals surface area contributed by atoms with E-state index in [0.29, 0.717) is 22.6 Å². The molecule has 7 heteroatoms. The Morgan fingerprint density at radius 3 is 2.32 bits per heavy atom. The Hall–Kier alpha value is -3.12.